The number of hydrogen-bond donors (Lipinski definition) is 1. The van der Waals surface area contributed by atoms with Crippen molar-refractivity contribution in [2.24, 2.45) is 0 Å². The third-order valence-corrected chi connectivity index (χ3v) is 2.81. The molecule has 2 aromatic carbocycles. The van der Waals surface area contributed by atoms with Crippen LogP contribution in [0.3, 0.4) is 0 Å². The van der Waals surface area contributed by atoms with Crippen LogP contribution in [-0.2, 0) is 13.0 Å². The van der Waals surface area contributed by atoms with Crippen LogP contribution < -0.4 is 4.74 Å². The second-order valence-electron chi connectivity index (χ2n) is 4.27. The van der Waals surface area contributed by atoms with E-state index in [1.54, 1.807) is 24.3 Å². The lowest BCUT2D eigenvalue weighted by Crippen LogP contribution is -1.99. The number of benzene rings is 2. The van der Waals surface area contributed by atoms with E-state index in [0.717, 1.165) is 11.1 Å². The molecule has 100 valence electrons. The van der Waals surface area contributed by atoms with Crippen molar-refractivity contribution in [2.45, 2.75) is 13.0 Å². The zero-order valence-corrected chi connectivity index (χ0v) is 10.7. The number of carboxylic acids is 1. The summed E-state index contributed by atoms with van der Waals surface area (Å²) < 4.78 is 5.60. The predicted molar refractivity (Wildman–Crippen MR) is 73.5 cm³/mol. The molecule has 2 rings (SSSR count). The number of nitriles is 1. The van der Waals surface area contributed by atoms with E-state index in [9.17, 15) is 4.79 Å². The molecule has 0 atom stereocenters. The monoisotopic (exact) mass is 267 g/mol. The van der Waals surface area contributed by atoms with Crippen LogP contribution in [0.4, 0.5) is 0 Å². The van der Waals surface area contributed by atoms with Gasteiger partial charge in [0.25, 0.3) is 0 Å². The first-order valence-corrected chi connectivity index (χ1v) is 6.10. The zero-order chi connectivity index (χ0) is 14.4. The Kier molecular flexibility index (Phi) is 4.35. The Morgan fingerprint density at radius 3 is 2.20 bits per heavy atom. The predicted octanol–water partition coefficient (Wildman–Crippen LogP) is 3.03. The van der Waals surface area contributed by atoms with Gasteiger partial charge in [0.15, 0.2) is 0 Å². The fraction of sp³-hybridized carbons (Fsp3) is 0.125. The van der Waals surface area contributed by atoms with Crippen molar-refractivity contribution < 1.29 is 14.6 Å². The van der Waals surface area contributed by atoms with Crippen LogP contribution in [0.15, 0.2) is 48.5 Å². The summed E-state index contributed by atoms with van der Waals surface area (Å²) in [5.74, 6) is -0.223. The van der Waals surface area contributed by atoms with Gasteiger partial charge in [0, 0.05) is 0 Å². The maximum absolute atomic E-state index is 10.7. The normalized spacial score (nSPS) is 9.75. The van der Waals surface area contributed by atoms with Gasteiger partial charge >= 0.3 is 5.97 Å². The molecule has 0 aliphatic rings. The van der Waals surface area contributed by atoms with Crippen LogP contribution >= 0.6 is 0 Å². The largest absolute Gasteiger partial charge is 0.489 e. The van der Waals surface area contributed by atoms with E-state index < -0.39 is 5.97 Å². The molecule has 0 bridgehead atoms. The van der Waals surface area contributed by atoms with E-state index in [-0.39, 0.29) is 5.56 Å². The summed E-state index contributed by atoms with van der Waals surface area (Å²) in [5.41, 5.74) is 2.11. The molecule has 0 unspecified atom stereocenters. The first-order chi connectivity index (χ1) is 9.69. The van der Waals surface area contributed by atoms with Gasteiger partial charge in [-0.1, -0.05) is 24.3 Å². The quantitative estimate of drug-likeness (QED) is 0.903. The van der Waals surface area contributed by atoms with Gasteiger partial charge in [-0.25, -0.2) is 4.79 Å². The summed E-state index contributed by atoms with van der Waals surface area (Å²) in [6.07, 6.45) is 0.386. The van der Waals surface area contributed by atoms with E-state index >= 15 is 0 Å². The molecule has 0 aliphatic carbocycles. The molecule has 2 aromatic rings. The van der Waals surface area contributed by atoms with Crippen molar-refractivity contribution in [1.82, 2.24) is 0 Å². The van der Waals surface area contributed by atoms with Crippen LogP contribution in [0, 0.1) is 11.3 Å². The average molecular weight is 267 g/mol. The Morgan fingerprint density at radius 2 is 1.65 bits per heavy atom. The highest BCUT2D eigenvalue weighted by Gasteiger charge is 2.02. The first-order valence-electron chi connectivity index (χ1n) is 6.10. The van der Waals surface area contributed by atoms with Gasteiger partial charge in [-0.2, -0.15) is 5.26 Å². The van der Waals surface area contributed by atoms with E-state index in [1.165, 1.54) is 0 Å². The molecular weight excluding hydrogens is 254 g/mol. The maximum atomic E-state index is 10.7. The van der Waals surface area contributed by atoms with Gasteiger partial charge in [0.05, 0.1) is 18.1 Å². The van der Waals surface area contributed by atoms with Crippen molar-refractivity contribution in [2.75, 3.05) is 0 Å². The van der Waals surface area contributed by atoms with E-state index in [2.05, 4.69) is 6.07 Å². The van der Waals surface area contributed by atoms with Crippen molar-refractivity contribution in [3.05, 3.63) is 65.2 Å². The number of hydrogen-bond acceptors (Lipinski definition) is 3. The van der Waals surface area contributed by atoms with Crippen LogP contribution in [0.1, 0.15) is 21.5 Å². The molecule has 0 spiro atoms. The fourth-order valence-electron chi connectivity index (χ4n) is 1.71. The average Bonchev–Trinajstić information content (AvgIpc) is 2.47. The standard InChI is InChI=1S/C16H13NO3/c17-10-9-12-3-7-15(8-4-12)20-11-13-1-5-14(6-2-13)16(18)19/h1-8H,9,11H2,(H,18,19). The molecule has 0 fully saturated rings. The number of rotatable bonds is 5. The highest BCUT2D eigenvalue weighted by atomic mass is 16.5. The summed E-state index contributed by atoms with van der Waals surface area (Å²) in [7, 11) is 0. The van der Waals surface area contributed by atoms with E-state index in [1.807, 2.05) is 24.3 Å². The first kappa shape index (κ1) is 13.6. The molecule has 0 aromatic heterocycles. The third-order valence-electron chi connectivity index (χ3n) is 2.81. The molecule has 4 nitrogen and oxygen atoms in total. The van der Waals surface area contributed by atoms with Crippen molar-refractivity contribution in [3.8, 4) is 11.8 Å². The second kappa shape index (κ2) is 6.39. The lowest BCUT2D eigenvalue weighted by molar-refractivity contribution is 0.0697. The molecule has 0 aliphatic heterocycles. The van der Waals surface area contributed by atoms with Gasteiger partial charge in [0.1, 0.15) is 12.4 Å². The van der Waals surface area contributed by atoms with Gasteiger partial charge in [0.2, 0.25) is 0 Å². The van der Waals surface area contributed by atoms with E-state index in [4.69, 9.17) is 15.1 Å². The lowest BCUT2D eigenvalue weighted by atomic mass is 10.1. The molecule has 0 saturated heterocycles. The number of carboxylic acid groups (broad SMARTS) is 1. The van der Waals surface area contributed by atoms with E-state index in [0.29, 0.717) is 18.8 Å². The van der Waals surface area contributed by atoms with Gasteiger partial charge in [-0.3, -0.25) is 0 Å². The van der Waals surface area contributed by atoms with Crippen LogP contribution in [0.5, 0.6) is 5.75 Å². The van der Waals surface area contributed by atoms with Crippen LogP contribution in [0.2, 0.25) is 0 Å². The number of carbonyl (C=O) groups is 1. The van der Waals surface area contributed by atoms with Crippen molar-refractivity contribution in [1.29, 1.82) is 5.26 Å². The SMILES string of the molecule is N#CCc1ccc(OCc2ccc(C(=O)O)cc2)cc1. The zero-order valence-electron chi connectivity index (χ0n) is 10.7. The second-order valence-corrected chi connectivity index (χ2v) is 4.27. The number of aromatic carboxylic acids is 1. The van der Waals surface area contributed by atoms with Gasteiger partial charge in [-0.15, -0.1) is 0 Å². The Balaban J connectivity index is 1.94. The summed E-state index contributed by atoms with van der Waals surface area (Å²) >= 11 is 0. The van der Waals surface area contributed by atoms with Gasteiger partial charge < -0.3 is 9.84 Å². The summed E-state index contributed by atoms with van der Waals surface area (Å²) in [5, 5.41) is 17.4. The Bertz CT molecular complexity index is 624. The molecular formula is C16H13NO3. The topological polar surface area (TPSA) is 70.3 Å². The molecule has 0 saturated carbocycles. The Hall–Kier alpha value is -2.80. The summed E-state index contributed by atoms with van der Waals surface area (Å²) in [4.78, 5) is 10.7. The van der Waals surface area contributed by atoms with Crippen molar-refractivity contribution >= 4 is 5.97 Å². The smallest absolute Gasteiger partial charge is 0.335 e. The molecule has 4 heteroatoms. The Labute approximate surface area is 116 Å². The number of nitrogens with zero attached hydrogens (tertiary/aromatic N) is 1. The highest BCUT2D eigenvalue weighted by molar-refractivity contribution is 5.87. The summed E-state index contributed by atoms with van der Waals surface area (Å²) in [6.45, 7) is 0.373. The molecule has 0 radical (unpaired) electrons. The van der Waals surface area contributed by atoms with Crippen LogP contribution in [-0.4, -0.2) is 11.1 Å². The highest BCUT2D eigenvalue weighted by Crippen LogP contribution is 2.15. The third kappa shape index (κ3) is 3.59. The lowest BCUT2D eigenvalue weighted by Gasteiger charge is -2.07. The minimum atomic E-state index is -0.939. The summed E-state index contributed by atoms with van der Waals surface area (Å²) in [6, 6.07) is 16.0. The fourth-order valence-corrected chi connectivity index (χ4v) is 1.71. The minimum Gasteiger partial charge on any atom is -0.489 e. The molecule has 0 heterocycles. The number of ether oxygens (including phenoxy) is 1. The molecule has 1 N–H and O–H groups in total. The van der Waals surface area contributed by atoms with Gasteiger partial charge in [-0.05, 0) is 35.4 Å². The minimum absolute atomic E-state index is 0.259. The molecule has 20 heavy (non-hydrogen) atoms. The van der Waals surface area contributed by atoms with Crippen molar-refractivity contribution in [3.63, 3.8) is 0 Å². The Morgan fingerprint density at radius 1 is 1.05 bits per heavy atom. The molecule has 0 amide bonds. The van der Waals surface area contributed by atoms with Crippen LogP contribution in [0.25, 0.3) is 0 Å². The maximum Gasteiger partial charge on any atom is 0.335 e.